The first-order chi connectivity index (χ1) is 21.3. The summed E-state index contributed by atoms with van der Waals surface area (Å²) in [6, 6.07) is 16.9. The number of hydroxylamine groups is 2. The number of primary amides is 1. The van der Waals surface area contributed by atoms with E-state index in [0.717, 1.165) is 24.8 Å². The fraction of sp³-hybridized carbons (Fsp3) is 0.394. The number of ether oxygens (including phenoxy) is 1. The van der Waals surface area contributed by atoms with Crippen LogP contribution in [-0.4, -0.2) is 48.5 Å². The van der Waals surface area contributed by atoms with Gasteiger partial charge in [0.15, 0.2) is 5.76 Å². The molecule has 2 aromatic carbocycles. The van der Waals surface area contributed by atoms with Gasteiger partial charge in [-0.15, -0.1) is 0 Å². The van der Waals surface area contributed by atoms with Crippen LogP contribution in [0.2, 0.25) is 0 Å². The van der Waals surface area contributed by atoms with Crippen LogP contribution in [-0.2, 0) is 21.0 Å². The minimum atomic E-state index is -0.620. The van der Waals surface area contributed by atoms with Gasteiger partial charge in [-0.3, -0.25) is 24.0 Å². The Morgan fingerprint density at radius 3 is 2.43 bits per heavy atom. The minimum absolute atomic E-state index is 0.0176. The van der Waals surface area contributed by atoms with E-state index < -0.39 is 23.8 Å². The fourth-order valence-corrected chi connectivity index (χ4v) is 4.86. The molecule has 0 radical (unpaired) electrons. The van der Waals surface area contributed by atoms with E-state index >= 15 is 0 Å². The zero-order chi connectivity index (χ0) is 31.9. The van der Waals surface area contributed by atoms with Crippen LogP contribution in [0.25, 0.3) is 11.3 Å². The third kappa shape index (κ3) is 9.70. The molecule has 0 spiro atoms. The van der Waals surface area contributed by atoms with Gasteiger partial charge in [0.25, 0.3) is 5.91 Å². The molecule has 0 aliphatic heterocycles. The number of rotatable bonds is 19. The van der Waals surface area contributed by atoms with Crippen LogP contribution in [0.4, 0.5) is 0 Å². The average molecular weight is 607 g/mol. The van der Waals surface area contributed by atoms with Crippen molar-refractivity contribution < 1.29 is 33.2 Å². The molecule has 236 valence electrons. The molecule has 0 bridgehead atoms. The summed E-state index contributed by atoms with van der Waals surface area (Å²) in [6.45, 7) is 6.24. The molecular weight excluding hydrogens is 564 g/mol. The van der Waals surface area contributed by atoms with E-state index in [1.165, 1.54) is 17.2 Å². The maximum atomic E-state index is 13.4. The Morgan fingerprint density at radius 1 is 1.00 bits per heavy atom. The summed E-state index contributed by atoms with van der Waals surface area (Å²) in [7, 11) is 0. The Hall–Kier alpha value is -4.64. The van der Waals surface area contributed by atoms with Gasteiger partial charge in [0, 0.05) is 11.1 Å². The lowest BCUT2D eigenvalue weighted by Crippen LogP contribution is -2.48. The Kier molecular flexibility index (Phi) is 13.4. The Bertz CT molecular complexity index is 1380. The number of amides is 4. The van der Waals surface area contributed by atoms with Gasteiger partial charge in [0.1, 0.15) is 18.1 Å². The second-order valence-electron chi connectivity index (χ2n) is 10.2. The number of nitrogens with zero attached hydrogens (tertiary/aromatic N) is 1. The third-order valence-electron chi connectivity index (χ3n) is 7.12. The molecule has 44 heavy (non-hydrogen) atoms. The van der Waals surface area contributed by atoms with Crippen molar-refractivity contribution in [2.24, 2.45) is 11.7 Å². The van der Waals surface area contributed by atoms with Gasteiger partial charge in [-0.1, -0.05) is 63.4 Å². The summed E-state index contributed by atoms with van der Waals surface area (Å²) in [4.78, 5) is 55.8. The van der Waals surface area contributed by atoms with Gasteiger partial charge in [-0.05, 0) is 55.7 Å². The summed E-state index contributed by atoms with van der Waals surface area (Å²) in [5.41, 5.74) is 7.12. The van der Waals surface area contributed by atoms with Crippen molar-refractivity contribution in [1.29, 1.82) is 0 Å². The standard InChI is InChI=1S/C33H42N4O7/c1-4-7-9-14-27(28(5-2)37(22-38)43-20-23-12-10-8-11-13-23)32(40)35-21-36-33(41)30-16-15-29(44-30)24-17-25(31(34)39)19-26(18-24)42-6-3/h8,10-13,15-19,22,27-28H,4-7,9,14,20-21H2,1-3H3,(H2,34,39)(H,35,40)(H,36,41)/t27-,28-/m1/s1. The van der Waals surface area contributed by atoms with Gasteiger partial charge < -0.3 is 25.5 Å². The van der Waals surface area contributed by atoms with Crippen LogP contribution in [0.5, 0.6) is 5.75 Å². The van der Waals surface area contributed by atoms with E-state index in [2.05, 4.69) is 17.6 Å². The van der Waals surface area contributed by atoms with E-state index in [1.807, 2.05) is 44.2 Å². The normalized spacial score (nSPS) is 12.2. The van der Waals surface area contributed by atoms with Crippen LogP contribution in [0.15, 0.2) is 65.1 Å². The van der Waals surface area contributed by atoms with E-state index in [0.29, 0.717) is 42.9 Å². The lowest BCUT2D eigenvalue weighted by atomic mass is 9.90. The highest BCUT2D eigenvalue weighted by molar-refractivity contribution is 5.95. The number of carbonyl (C=O) groups excluding carboxylic acids is 4. The van der Waals surface area contributed by atoms with Gasteiger partial charge in [-0.25, -0.2) is 5.06 Å². The van der Waals surface area contributed by atoms with Crippen LogP contribution < -0.4 is 21.1 Å². The molecule has 0 saturated carbocycles. The van der Waals surface area contributed by atoms with E-state index in [9.17, 15) is 19.2 Å². The molecule has 0 aliphatic rings. The molecule has 0 saturated heterocycles. The summed E-state index contributed by atoms with van der Waals surface area (Å²) >= 11 is 0. The molecule has 4 amide bonds. The van der Waals surface area contributed by atoms with Crippen LogP contribution in [0, 0.1) is 5.92 Å². The SMILES string of the molecule is CCCCC[C@@H](C(=O)NCNC(=O)c1ccc(-c2cc(OCC)cc(C(N)=O)c2)o1)[C@@H](CC)N(C=O)OCc1ccccc1. The second-order valence-corrected chi connectivity index (χ2v) is 10.2. The number of nitrogens with two attached hydrogens (primary N) is 1. The Labute approximate surface area is 258 Å². The molecule has 11 heteroatoms. The number of nitrogens with one attached hydrogen (secondary N) is 2. The molecule has 0 unspecified atom stereocenters. The second kappa shape index (κ2) is 17.5. The molecule has 3 aromatic rings. The molecule has 1 aromatic heterocycles. The van der Waals surface area contributed by atoms with E-state index in [4.69, 9.17) is 19.7 Å². The summed E-state index contributed by atoms with van der Waals surface area (Å²) < 4.78 is 11.3. The number of benzene rings is 2. The molecular formula is C33H42N4O7. The fourth-order valence-electron chi connectivity index (χ4n) is 4.86. The topological polar surface area (TPSA) is 153 Å². The smallest absolute Gasteiger partial charge is 0.288 e. The number of unbranched alkanes of at least 4 members (excludes halogenated alkanes) is 2. The summed E-state index contributed by atoms with van der Waals surface area (Å²) in [5, 5.41) is 6.66. The van der Waals surface area contributed by atoms with Gasteiger partial charge in [-0.2, -0.15) is 0 Å². The average Bonchev–Trinajstić information content (AvgIpc) is 3.53. The van der Waals surface area contributed by atoms with Crippen molar-refractivity contribution in [2.75, 3.05) is 13.3 Å². The zero-order valence-electron chi connectivity index (χ0n) is 25.5. The minimum Gasteiger partial charge on any atom is -0.494 e. The molecule has 4 N–H and O–H groups in total. The van der Waals surface area contributed by atoms with Crippen molar-refractivity contribution >= 4 is 24.1 Å². The lowest BCUT2D eigenvalue weighted by molar-refractivity contribution is -0.200. The zero-order valence-corrected chi connectivity index (χ0v) is 25.5. The number of hydrogen-bond donors (Lipinski definition) is 3. The lowest BCUT2D eigenvalue weighted by Gasteiger charge is -2.32. The van der Waals surface area contributed by atoms with E-state index in [-0.39, 0.29) is 30.5 Å². The van der Waals surface area contributed by atoms with E-state index in [1.54, 1.807) is 18.2 Å². The van der Waals surface area contributed by atoms with Crippen LogP contribution in [0.3, 0.4) is 0 Å². The highest BCUT2D eigenvalue weighted by Gasteiger charge is 2.32. The van der Waals surface area contributed by atoms with Crippen LogP contribution >= 0.6 is 0 Å². The number of furan rings is 1. The van der Waals surface area contributed by atoms with Crippen molar-refractivity contribution in [1.82, 2.24) is 15.7 Å². The molecule has 0 fully saturated rings. The third-order valence-corrected chi connectivity index (χ3v) is 7.12. The van der Waals surface area contributed by atoms with Crippen LogP contribution in [0.1, 0.15) is 79.4 Å². The van der Waals surface area contributed by atoms with Crippen molar-refractivity contribution in [2.45, 2.75) is 65.5 Å². The quantitative estimate of drug-likeness (QED) is 0.0766. The van der Waals surface area contributed by atoms with Gasteiger partial charge in [0.2, 0.25) is 18.2 Å². The first-order valence-corrected chi connectivity index (χ1v) is 14.9. The highest BCUT2D eigenvalue weighted by atomic mass is 16.7. The first-order valence-electron chi connectivity index (χ1n) is 14.9. The molecule has 2 atom stereocenters. The predicted octanol–water partition coefficient (Wildman–Crippen LogP) is 4.81. The molecule has 11 nitrogen and oxygen atoms in total. The first kappa shape index (κ1) is 33.9. The monoisotopic (exact) mass is 606 g/mol. The van der Waals surface area contributed by atoms with Gasteiger partial charge >= 0.3 is 0 Å². The maximum absolute atomic E-state index is 13.4. The molecule has 0 aliphatic carbocycles. The Balaban J connectivity index is 1.64. The van der Waals surface area contributed by atoms with Crippen molar-refractivity contribution in [3.05, 3.63) is 77.6 Å². The summed E-state index contributed by atoms with van der Waals surface area (Å²) in [6.07, 6.45) is 4.40. The Morgan fingerprint density at radius 2 is 1.77 bits per heavy atom. The number of hydrogen-bond acceptors (Lipinski definition) is 7. The predicted molar refractivity (Wildman–Crippen MR) is 165 cm³/mol. The maximum Gasteiger partial charge on any atom is 0.288 e. The largest absolute Gasteiger partial charge is 0.494 e. The highest BCUT2D eigenvalue weighted by Crippen LogP contribution is 2.28. The number of carbonyl (C=O) groups is 4. The molecule has 1 heterocycles. The van der Waals surface area contributed by atoms with Crippen molar-refractivity contribution in [3.8, 4) is 17.1 Å². The van der Waals surface area contributed by atoms with Crippen molar-refractivity contribution in [3.63, 3.8) is 0 Å². The van der Waals surface area contributed by atoms with Gasteiger partial charge in [0.05, 0.1) is 25.2 Å². The molecule has 3 rings (SSSR count). The summed E-state index contributed by atoms with van der Waals surface area (Å²) in [5.74, 6) is -1.19.